The summed E-state index contributed by atoms with van der Waals surface area (Å²) in [4.78, 5) is 16.4. The van der Waals surface area contributed by atoms with Crippen LogP contribution in [0.1, 0.15) is 12.8 Å². The molecule has 0 spiro atoms. The van der Waals surface area contributed by atoms with Gasteiger partial charge in [-0.05, 0) is 39.1 Å². The van der Waals surface area contributed by atoms with Crippen molar-refractivity contribution >= 4 is 23.3 Å². The summed E-state index contributed by atoms with van der Waals surface area (Å²) in [5.74, 6) is 0.494. The molecule has 1 heterocycles. The first-order valence-corrected chi connectivity index (χ1v) is 7.45. The summed E-state index contributed by atoms with van der Waals surface area (Å²) >= 11 is 6.07. The summed E-state index contributed by atoms with van der Waals surface area (Å²) in [6.45, 7) is 1.51. The second-order valence-corrected chi connectivity index (χ2v) is 5.86. The highest BCUT2D eigenvalue weighted by Crippen LogP contribution is 2.32. The SMILES string of the molecule is COc1c(Cl)cccc1NC(=O)N1CCCC(N(C)C)C1. The van der Waals surface area contributed by atoms with E-state index < -0.39 is 0 Å². The summed E-state index contributed by atoms with van der Waals surface area (Å²) in [7, 11) is 5.64. The molecule has 1 saturated heterocycles. The second kappa shape index (κ2) is 7.00. The van der Waals surface area contributed by atoms with E-state index in [0.717, 1.165) is 25.9 Å². The molecule has 1 aromatic carbocycles. The van der Waals surface area contributed by atoms with Crippen LogP contribution in [0.5, 0.6) is 5.75 Å². The first kappa shape index (κ1) is 15.9. The second-order valence-electron chi connectivity index (χ2n) is 5.46. The molecule has 1 aliphatic heterocycles. The zero-order valence-electron chi connectivity index (χ0n) is 12.7. The Morgan fingerprint density at radius 1 is 1.48 bits per heavy atom. The predicted molar refractivity (Wildman–Crippen MR) is 85.3 cm³/mol. The molecule has 0 aromatic heterocycles. The fourth-order valence-corrected chi connectivity index (χ4v) is 2.82. The number of methoxy groups -OCH3 is 1. The largest absolute Gasteiger partial charge is 0.493 e. The maximum atomic E-state index is 12.4. The van der Waals surface area contributed by atoms with E-state index in [1.54, 1.807) is 25.3 Å². The quantitative estimate of drug-likeness (QED) is 0.933. The van der Waals surface area contributed by atoms with Crippen LogP contribution in [0.2, 0.25) is 5.02 Å². The maximum Gasteiger partial charge on any atom is 0.322 e. The number of likely N-dealkylation sites (N-methyl/N-ethyl adjacent to an activating group) is 1. The van der Waals surface area contributed by atoms with Gasteiger partial charge in [0.2, 0.25) is 0 Å². The highest BCUT2D eigenvalue weighted by molar-refractivity contribution is 6.32. The molecule has 116 valence electrons. The Kier molecular flexibility index (Phi) is 5.31. The number of carbonyl (C=O) groups is 1. The lowest BCUT2D eigenvalue weighted by Crippen LogP contribution is -2.48. The monoisotopic (exact) mass is 311 g/mol. The Balaban J connectivity index is 2.06. The molecular weight excluding hydrogens is 290 g/mol. The number of carbonyl (C=O) groups excluding carboxylic acids is 1. The maximum absolute atomic E-state index is 12.4. The number of rotatable bonds is 3. The lowest BCUT2D eigenvalue weighted by atomic mass is 10.1. The molecule has 0 radical (unpaired) electrons. The van der Waals surface area contributed by atoms with E-state index in [9.17, 15) is 4.79 Å². The van der Waals surface area contributed by atoms with Crippen molar-refractivity contribution in [2.75, 3.05) is 39.6 Å². The average molecular weight is 312 g/mol. The van der Waals surface area contributed by atoms with Gasteiger partial charge in [0.05, 0.1) is 17.8 Å². The topological polar surface area (TPSA) is 44.8 Å². The Bertz CT molecular complexity index is 508. The zero-order chi connectivity index (χ0) is 15.4. The van der Waals surface area contributed by atoms with E-state index >= 15 is 0 Å². The molecule has 1 unspecified atom stereocenters. The van der Waals surface area contributed by atoms with Crippen LogP contribution in [-0.2, 0) is 0 Å². The number of hydrogen-bond acceptors (Lipinski definition) is 3. The highest BCUT2D eigenvalue weighted by Gasteiger charge is 2.25. The summed E-state index contributed by atoms with van der Waals surface area (Å²) < 4.78 is 5.25. The number of piperidine rings is 1. The highest BCUT2D eigenvalue weighted by atomic mass is 35.5. The van der Waals surface area contributed by atoms with Crippen LogP contribution in [0.3, 0.4) is 0 Å². The molecule has 2 rings (SSSR count). The number of benzene rings is 1. The Labute approximate surface area is 130 Å². The van der Waals surface area contributed by atoms with Gasteiger partial charge in [-0.3, -0.25) is 0 Å². The van der Waals surface area contributed by atoms with Gasteiger partial charge in [0, 0.05) is 19.1 Å². The van der Waals surface area contributed by atoms with E-state index in [4.69, 9.17) is 16.3 Å². The van der Waals surface area contributed by atoms with Gasteiger partial charge in [0.1, 0.15) is 0 Å². The molecule has 6 heteroatoms. The number of hydrogen-bond donors (Lipinski definition) is 1. The van der Waals surface area contributed by atoms with Crippen molar-refractivity contribution in [3.63, 3.8) is 0 Å². The van der Waals surface area contributed by atoms with E-state index in [0.29, 0.717) is 22.5 Å². The van der Waals surface area contributed by atoms with Gasteiger partial charge in [0.25, 0.3) is 0 Å². The fourth-order valence-electron chi connectivity index (χ4n) is 2.57. The third-order valence-corrected chi connectivity index (χ3v) is 4.12. The molecule has 21 heavy (non-hydrogen) atoms. The van der Waals surface area contributed by atoms with Crippen molar-refractivity contribution in [1.29, 1.82) is 0 Å². The van der Waals surface area contributed by atoms with Gasteiger partial charge in [-0.1, -0.05) is 17.7 Å². The summed E-state index contributed by atoms with van der Waals surface area (Å²) in [5.41, 5.74) is 0.599. The molecule has 2 amide bonds. The average Bonchev–Trinajstić information content (AvgIpc) is 2.47. The number of halogens is 1. The van der Waals surface area contributed by atoms with E-state index in [1.807, 2.05) is 19.0 Å². The van der Waals surface area contributed by atoms with Crippen molar-refractivity contribution in [2.24, 2.45) is 0 Å². The molecule has 0 saturated carbocycles. The van der Waals surface area contributed by atoms with Crippen LogP contribution in [0.25, 0.3) is 0 Å². The van der Waals surface area contributed by atoms with E-state index in [1.165, 1.54) is 0 Å². The normalized spacial score (nSPS) is 18.7. The van der Waals surface area contributed by atoms with Crippen LogP contribution in [0.4, 0.5) is 10.5 Å². The van der Waals surface area contributed by atoms with Crippen molar-refractivity contribution in [2.45, 2.75) is 18.9 Å². The van der Waals surface area contributed by atoms with Gasteiger partial charge in [-0.25, -0.2) is 4.79 Å². The minimum Gasteiger partial charge on any atom is -0.493 e. The van der Waals surface area contributed by atoms with Crippen molar-refractivity contribution in [3.05, 3.63) is 23.2 Å². The molecule has 5 nitrogen and oxygen atoms in total. The van der Waals surface area contributed by atoms with Gasteiger partial charge in [-0.15, -0.1) is 0 Å². The predicted octanol–water partition coefficient (Wildman–Crippen LogP) is 2.91. The third kappa shape index (κ3) is 3.80. The Morgan fingerprint density at radius 3 is 2.90 bits per heavy atom. The van der Waals surface area contributed by atoms with Gasteiger partial charge in [0.15, 0.2) is 5.75 Å². The molecule has 0 aliphatic carbocycles. The molecule has 1 aromatic rings. The zero-order valence-corrected chi connectivity index (χ0v) is 13.5. The molecule has 1 aliphatic rings. The smallest absolute Gasteiger partial charge is 0.322 e. The van der Waals surface area contributed by atoms with Crippen LogP contribution in [0, 0.1) is 0 Å². The third-order valence-electron chi connectivity index (χ3n) is 3.83. The number of likely N-dealkylation sites (tertiary alicyclic amines) is 1. The van der Waals surface area contributed by atoms with E-state index in [-0.39, 0.29) is 6.03 Å². The van der Waals surface area contributed by atoms with Crippen molar-refractivity contribution in [3.8, 4) is 5.75 Å². The molecular formula is C15H22ClN3O2. The lowest BCUT2D eigenvalue weighted by Gasteiger charge is -2.36. The van der Waals surface area contributed by atoms with Crippen LogP contribution >= 0.6 is 11.6 Å². The molecule has 1 atom stereocenters. The summed E-state index contributed by atoms with van der Waals surface area (Å²) in [6.07, 6.45) is 2.14. The number of nitrogens with zero attached hydrogens (tertiary/aromatic N) is 2. The minimum absolute atomic E-state index is 0.109. The number of ether oxygens (including phenoxy) is 1. The number of para-hydroxylation sites is 1. The van der Waals surface area contributed by atoms with Crippen molar-refractivity contribution < 1.29 is 9.53 Å². The summed E-state index contributed by atoms with van der Waals surface area (Å²) in [6, 6.07) is 5.61. The van der Waals surface area contributed by atoms with Gasteiger partial charge in [-0.2, -0.15) is 0 Å². The Hall–Kier alpha value is -1.46. The summed E-state index contributed by atoms with van der Waals surface area (Å²) in [5, 5.41) is 3.38. The molecule has 1 fully saturated rings. The van der Waals surface area contributed by atoms with Crippen molar-refractivity contribution in [1.82, 2.24) is 9.80 Å². The fraction of sp³-hybridized carbons (Fsp3) is 0.533. The van der Waals surface area contributed by atoms with E-state index in [2.05, 4.69) is 10.2 Å². The number of anilines is 1. The first-order chi connectivity index (χ1) is 10.0. The molecule has 1 N–H and O–H groups in total. The minimum atomic E-state index is -0.109. The first-order valence-electron chi connectivity index (χ1n) is 7.07. The number of urea groups is 1. The van der Waals surface area contributed by atoms with Crippen LogP contribution in [0.15, 0.2) is 18.2 Å². The van der Waals surface area contributed by atoms with Crippen LogP contribution < -0.4 is 10.1 Å². The Morgan fingerprint density at radius 2 is 2.24 bits per heavy atom. The lowest BCUT2D eigenvalue weighted by molar-refractivity contribution is 0.148. The van der Waals surface area contributed by atoms with Gasteiger partial charge < -0.3 is 19.9 Å². The molecule has 0 bridgehead atoms. The number of nitrogens with one attached hydrogen (secondary N) is 1. The van der Waals surface area contributed by atoms with Crippen LogP contribution in [-0.4, -0.2) is 56.2 Å². The standard InChI is InChI=1S/C15H22ClN3O2/c1-18(2)11-6-5-9-19(10-11)15(20)17-13-8-4-7-12(16)14(13)21-3/h4,7-8,11H,5-6,9-10H2,1-3H3,(H,17,20). The van der Waals surface area contributed by atoms with Gasteiger partial charge >= 0.3 is 6.03 Å². The number of amides is 2.